The van der Waals surface area contributed by atoms with E-state index in [2.05, 4.69) is 50.7 Å². The first-order chi connectivity index (χ1) is 8.67. The number of benzene rings is 1. The Kier molecular flexibility index (Phi) is 3.66. The summed E-state index contributed by atoms with van der Waals surface area (Å²) in [5, 5.41) is 3.83. The molecule has 0 saturated carbocycles. The first kappa shape index (κ1) is 14.7. The monoisotopic (exact) mass is 374 g/mol. The fourth-order valence-corrected chi connectivity index (χ4v) is 4.09. The van der Waals surface area contributed by atoms with Crippen LogP contribution in [-0.2, 0) is 4.79 Å². The Morgan fingerprint density at radius 2 is 1.74 bits per heavy atom. The quantitative estimate of drug-likeness (QED) is 0.343. The van der Waals surface area contributed by atoms with Crippen molar-refractivity contribution in [2.75, 3.05) is 33.2 Å². The number of likely N-dealkylation sites (N-methyl/N-ethyl adjacent to an activating group) is 2. The molecule has 1 aliphatic rings. The molecular weight excluding hydrogens is 353 g/mol. The van der Waals surface area contributed by atoms with Crippen LogP contribution in [0.15, 0.2) is 30.3 Å². The van der Waals surface area contributed by atoms with Gasteiger partial charge >= 0.3 is 5.91 Å². The molecule has 5 heteroatoms. The highest BCUT2D eigenvalue weighted by Gasteiger charge is 2.59. The first-order valence-electron chi connectivity index (χ1n) is 6.30. The molecule has 0 aromatic heterocycles. The summed E-state index contributed by atoms with van der Waals surface area (Å²) in [6.45, 7) is 2.11. The Bertz CT molecular complexity index is 481. The number of para-hydroxylation sites is 1. The molecule has 2 atom stereocenters. The van der Waals surface area contributed by atoms with Gasteiger partial charge in [-0.2, -0.15) is 5.01 Å². The van der Waals surface area contributed by atoms with E-state index in [4.69, 9.17) is 0 Å². The van der Waals surface area contributed by atoms with E-state index < -0.39 is 0 Å². The minimum atomic E-state index is -0.247. The number of carbonyl (C=O) groups is 1. The molecule has 19 heavy (non-hydrogen) atoms. The Morgan fingerprint density at radius 1 is 1.21 bits per heavy atom. The predicted octanol–water partition coefficient (Wildman–Crippen LogP) is 2.11. The third-order valence-electron chi connectivity index (χ3n) is 3.65. The summed E-state index contributed by atoms with van der Waals surface area (Å²) in [5.74, 6) is 0.151. The number of hydrazine groups is 1. The number of hydrogen-bond donors (Lipinski definition) is 0. The molecule has 2 rings (SSSR count). The van der Waals surface area contributed by atoms with E-state index in [0.717, 1.165) is 5.69 Å². The topological polar surface area (TPSA) is 23.6 Å². The lowest BCUT2D eigenvalue weighted by molar-refractivity contribution is -0.887. The number of hydrogen-bond acceptors (Lipinski definition) is 2. The highest BCUT2D eigenvalue weighted by molar-refractivity contribution is 14.1. The van der Waals surface area contributed by atoms with Crippen LogP contribution in [-0.4, -0.2) is 53.2 Å². The minimum Gasteiger partial charge on any atom is -0.318 e. The lowest BCUT2D eigenvalue weighted by Crippen LogP contribution is -2.57. The molecule has 104 valence electrons. The second-order valence-electron chi connectivity index (χ2n) is 6.05. The average Bonchev–Trinajstić information content (AvgIpc) is 2.45. The fraction of sp³-hybridized carbons (Fsp3) is 0.500. The smallest absolute Gasteiger partial charge is 0.302 e. The lowest BCUT2D eigenvalue weighted by Gasteiger charge is -2.37. The maximum absolute atomic E-state index is 12.8. The largest absolute Gasteiger partial charge is 0.318 e. The van der Waals surface area contributed by atoms with Gasteiger partial charge in [-0.1, -0.05) is 40.8 Å². The van der Waals surface area contributed by atoms with E-state index >= 15 is 0 Å². The van der Waals surface area contributed by atoms with E-state index in [1.54, 1.807) is 5.01 Å². The summed E-state index contributed by atoms with van der Waals surface area (Å²) in [7, 11) is 8.19. The third kappa shape index (κ3) is 2.39. The highest BCUT2D eigenvalue weighted by Crippen LogP contribution is 2.41. The number of rotatable bonds is 2. The number of halogens is 1. The maximum Gasteiger partial charge on any atom is 0.302 e. The van der Waals surface area contributed by atoms with Gasteiger partial charge in [-0.25, -0.2) is 5.01 Å². The van der Waals surface area contributed by atoms with Gasteiger partial charge in [-0.3, -0.25) is 4.79 Å². The first-order valence-corrected chi connectivity index (χ1v) is 7.38. The number of anilines is 1. The summed E-state index contributed by atoms with van der Waals surface area (Å²) in [5.41, 5.74) is 0.925. The number of quaternary nitrogens is 1. The second kappa shape index (κ2) is 4.71. The van der Waals surface area contributed by atoms with Crippen molar-refractivity contribution >= 4 is 34.2 Å². The summed E-state index contributed by atoms with van der Waals surface area (Å²) in [4.78, 5) is 12.8. The molecule has 0 spiro atoms. The van der Waals surface area contributed by atoms with E-state index in [1.807, 2.05) is 42.4 Å². The number of alkyl halides is 1. The Morgan fingerprint density at radius 3 is 2.16 bits per heavy atom. The lowest BCUT2D eigenvalue weighted by atomic mass is 10.1. The van der Waals surface area contributed by atoms with Crippen LogP contribution in [0.3, 0.4) is 0 Å². The molecule has 1 aliphatic heterocycles. The van der Waals surface area contributed by atoms with Gasteiger partial charge in [0.05, 0.1) is 26.8 Å². The maximum atomic E-state index is 12.8. The fourth-order valence-electron chi connectivity index (χ4n) is 2.77. The van der Waals surface area contributed by atoms with Gasteiger partial charge in [0.25, 0.3) is 0 Å². The van der Waals surface area contributed by atoms with Crippen molar-refractivity contribution in [1.29, 1.82) is 0 Å². The molecule has 1 saturated heterocycles. The van der Waals surface area contributed by atoms with Gasteiger partial charge in [0.15, 0.2) is 6.04 Å². The van der Waals surface area contributed by atoms with Crippen molar-refractivity contribution in [2.45, 2.75) is 16.5 Å². The molecule has 1 heterocycles. The summed E-state index contributed by atoms with van der Waals surface area (Å²) in [6, 6.07) is 9.72. The van der Waals surface area contributed by atoms with Crippen molar-refractivity contribution in [3.8, 4) is 0 Å². The molecular formula is C14H21IN3O+. The Balaban J connectivity index is 2.47. The minimum absolute atomic E-state index is 0.0988. The van der Waals surface area contributed by atoms with Crippen LogP contribution in [0, 0.1) is 0 Å². The molecule has 0 radical (unpaired) electrons. The zero-order valence-electron chi connectivity index (χ0n) is 12.1. The van der Waals surface area contributed by atoms with Crippen molar-refractivity contribution in [3.05, 3.63) is 30.3 Å². The van der Waals surface area contributed by atoms with Crippen molar-refractivity contribution in [2.24, 2.45) is 0 Å². The Labute approximate surface area is 128 Å². The second-order valence-corrected chi connectivity index (χ2v) is 8.24. The van der Waals surface area contributed by atoms with Crippen molar-refractivity contribution < 1.29 is 9.28 Å². The molecule has 0 N–H and O–H groups in total. The standard InChI is InChI=1S/C14H21IN3O/c1-14(15)12(18(3,4)5)13(19)17(16(14)2)11-9-7-6-8-10-11/h6-10,12H,1-5H3/q+1. The predicted molar refractivity (Wildman–Crippen MR) is 85.9 cm³/mol. The van der Waals surface area contributed by atoms with Gasteiger partial charge in [0.2, 0.25) is 0 Å². The normalized spacial score (nSPS) is 29.1. The van der Waals surface area contributed by atoms with Gasteiger partial charge in [0, 0.05) is 7.05 Å². The average molecular weight is 374 g/mol. The van der Waals surface area contributed by atoms with E-state index in [1.165, 1.54) is 0 Å². The van der Waals surface area contributed by atoms with Gasteiger partial charge in [0.1, 0.15) is 3.55 Å². The molecule has 4 nitrogen and oxygen atoms in total. The van der Waals surface area contributed by atoms with Crippen LogP contribution in [0.25, 0.3) is 0 Å². The van der Waals surface area contributed by atoms with E-state index in [-0.39, 0.29) is 15.5 Å². The third-order valence-corrected chi connectivity index (χ3v) is 4.94. The Hall–Kier alpha value is -0.660. The van der Waals surface area contributed by atoms with Crippen molar-refractivity contribution in [1.82, 2.24) is 5.01 Å². The van der Waals surface area contributed by atoms with Gasteiger partial charge in [-0.05, 0) is 19.1 Å². The van der Waals surface area contributed by atoms with Gasteiger partial charge in [-0.15, -0.1) is 0 Å². The molecule has 2 unspecified atom stereocenters. The summed E-state index contributed by atoms with van der Waals surface area (Å²) < 4.78 is 0.370. The molecule has 1 fully saturated rings. The zero-order valence-corrected chi connectivity index (χ0v) is 14.2. The molecule has 1 aromatic carbocycles. The number of carbonyl (C=O) groups excluding carboxylic acids is 1. The molecule has 0 bridgehead atoms. The van der Waals surface area contributed by atoms with Crippen LogP contribution in [0.5, 0.6) is 0 Å². The molecule has 0 aliphatic carbocycles. The van der Waals surface area contributed by atoms with Crippen LogP contribution >= 0.6 is 22.6 Å². The number of amides is 1. The summed E-state index contributed by atoms with van der Waals surface area (Å²) in [6.07, 6.45) is 0. The molecule has 1 aromatic rings. The highest BCUT2D eigenvalue weighted by atomic mass is 127. The zero-order chi connectivity index (χ0) is 14.4. The summed E-state index contributed by atoms with van der Waals surface area (Å²) >= 11 is 2.38. The molecule has 1 amide bonds. The van der Waals surface area contributed by atoms with E-state index in [0.29, 0.717) is 4.48 Å². The SMILES string of the molecule is CN1N(c2ccccc2)C(=O)C([N+](C)(C)C)C1(C)I. The van der Waals surface area contributed by atoms with E-state index in [9.17, 15) is 4.79 Å². The van der Waals surface area contributed by atoms with Crippen LogP contribution in [0.4, 0.5) is 5.69 Å². The van der Waals surface area contributed by atoms with Crippen LogP contribution < -0.4 is 5.01 Å². The van der Waals surface area contributed by atoms with Crippen LogP contribution in [0.2, 0.25) is 0 Å². The van der Waals surface area contributed by atoms with Crippen LogP contribution in [0.1, 0.15) is 6.92 Å². The van der Waals surface area contributed by atoms with Crippen molar-refractivity contribution in [3.63, 3.8) is 0 Å². The number of nitrogens with zero attached hydrogens (tertiary/aromatic N) is 3. The van der Waals surface area contributed by atoms with Gasteiger partial charge < -0.3 is 4.48 Å².